The first-order valence-electron chi connectivity index (χ1n) is 6.77. The Morgan fingerprint density at radius 1 is 1.25 bits per heavy atom. The summed E-state index contributed by atoms with van der Waals surface area (Å²) in [6, 6.07) is 4.42. The van der Waals surface area contributed by atoms with Gasteiger partial charge in [0, 0.05) is 23.5 Å². The van der Waals surface area contributed by atoms with Crippen LogP contribution in [0.15, 0.2) is 18.2 Å². The van der Waals surface area contributed by atoms with E-state index in [9.17, 15) is 19.1 Å². The molecule has 2 rings (SSSR count). The molecule has 1 N–H and O–H groups in total. The van der Waals surface area contributed by atoms with Crippen LogP contribution in [0.3, 0.4) is 0 Å². The standard InChI is InChI=1S/C15H18FNO3/c1-9-6-7-10(8-13(9)16)17-14(18)11-4-2-3-5-12(11)15(19)20/h6-8,11-12H,2-5H2,1H3,(H,17,18)(H,19,20)/p-1/t11-,12+/m0/s1. The highest BCUT2D eigenvalue weighted by Gasteiger charge is 2.31. The second-order valence-electron chi connectivity index (χ2n) is 5.27. The second-order valence-corrected chi connectivity index (χ2v) is 5.27. The molecule has 1 fully saturated rings. The topological polar surface area (TPSA) is 69.2 Å². The van der Waals surface area contributed by atoms with Crippen LogP contribution in [0.25, 0.3) is 0 Å². The van der Waals surface area contributed by atoms with Crippen LogP contribution in [-0.4, -0.2) is 11.9 Å². The largest absolute Gasteiger partial charge is 0.550 e. The van der Waals surface area contributed by atoms with E-state index in [2.05, 4.69) is 5.32 Å². The number of halogens is 1. The Labute approximate surface area is 117 Å². The van der Waals surface area contributed by atoms with Crippen molar-refractivity contribution in [3.8, 4) is 0 Å². The molecule has 2 atom stereocenters. The fourth-order valence-electron chi connectivity index (χ4n) is 2.63. The quantitative estimate of drug-likeness (QED) is 0.913. The molecule has 1 aromatic rings. The average Bonchev–Trinajstić information content (AvgIpc) is 2.43. The number of hydrogen-bond donors (Lipinski definition) is 1. The third-order valence-corrected chi connectivity index (χ3v) is 3.84. The predicted octanol–water partition coefficient (Wildman–Crippen LogP) is 1.63. The number of carboxylic acids is 1. The van der Waals surface area contributed by atoms with Gasteiger partial charge in [-0.25, -0.2) is 4.39 Å². The molecule has 0 bridgehead atoms. The molecule has 1 aromatic carbocycles. The minimum absolute atomic E-state index is 0.348. The fraction of sp³-hybridized carbons (Fsp3) is 0.467. The summed E-state index contributed by atoms with van der Waals surface area (Å²) in [5.41, 5.74) is 0.842. The van der Waals surface area contributed by atoms with Crippen molar-refractivity contribution in [2.45, 2.75) is 32.6 Å². The van der Waals surface area contributed by atoms with E-state index >= 15 is 0 Å². The van der Waals surface area contributed by atoms with Gasteiger partial charge in [-0.1, -0.05) is 18.9 Å². The van der Waals surface area contributed by atoms with Crippen molar-refractivity contribution in [3.05, 3.63) is 29.6 Å². The number of aryl methyl sites for hydroxylation is 1. The first-order chi connectivity index (χ1) is 9.49. The number of hydrogen-bond acceptors (Lipinski definition) is 3. The summed E-state index contributed by atoms with van der Waals surface area (Å²) in [6.45, 7) is 1.63. The maximum absolute atomic E-state index is 13.4. The zero-order chi connectivity index (χ0) is 14.7. The SMILES string of the molecule is Cc1ccc(NC(=O)[C@H]2CCCC[C@H]2C(=O)[O-])cc1F. The lowest BCUT2D eigenvalue weighted by Gasteiger charge is -2.31. The van der Waals surface area contributed by atoms with E-state index in [0.717, 1.165) is 12.8 Å². The Kier molecular flexibility index (Phi) is 4.37. The van der Waals surface area contributed by atoms with E-state index in [1.165, 1.54) is 6.07 Å². The van der Waals surface area contributed by atoms with Gasteiger partial charge in [-0.2, -0.15) is 0 Å². The minimum atomic E-state index is -1.18. The Morgan fingerprint density at radius 3 is 2.50 bits per heavy atom. The van der Waals surface area contributed by atoms with Gasteiger partial charge in [0.2, 0.25) is 5.91 Å². The van der Waals surface area contributed by atoms with Crippen molar-refractivity contribution in [3.63, 3.8) is 0 Å². The van der Waals surface area contributed by atoms with Crippen molar-refractivity contribution in [1.82, 2.24) is 0 Å². The molecule has 4 nitrogen and oxygen atoms in total. The molecule has 0 saturated heterocycles. The Hall–Kier alpha value is -1.91. The lowest BCUT2D eigenvalue weighted by molar-refractivity contribution is -0.313. The Balaban J connectivity index is 2.09. The Bertz CT molecular complexity index is 530. The van der Waals surface area contributed by atoms with Crippen LogP contribution in [0.2, 0.25) is 0 Å². The summed E-state index contributed by atoms with van der Waals surface area (Å²) in [7, 11) is 0. The predicted molar refractivity (Wildman–Crippen MR) is 70.2 cm³/mol. The van der Waals surface area contributed by atoms with Crippen LogP contribution in [0.1, 0.15) is 31.2 Å². The van der Waals surface area contributed by atoms with E-state index in [-0.39, 0.29) is 5.91 Å². The summed E-state index contributed by atoms with van der Waals surface area (Å²) in [6.07, 6.45) is 2.60. The number of nitrogens with one attached hydrogen (secondary N) is 1. The summed E-state index contributed by atoms with van der Waals surface area (Å²) in [4.78, 5) is 23.2. The van der Waals surface area contributed by atoms with Crippen LogP contribution in [-0.2, 0) is 9.59 Å². The van der Waals surface area contributed by atoms with Crippen molar-refractivity contribution in [1.29, 1.82) is 0 Å². The molecule has 0 heterocycles. The van der Waals surface area contributed by atoms with E-state index in [4.69, 9.17) is 0 Å². The van der Waals surface area contributed by atoms with E-state index in [1.54, 1.807) is 19.1 Å². The molecule has 0 spiro atoms. The third-order valence-electron chi connectivity index (χ3n) is 3.84. The highest BCUT2D eigenvalue weighted by atomic mass is 19.1. The lowest BCUT2D eigenvalue weighted by Crippen LogP contribution is -2.42. The van der Waals surface area contributed by atoms with Gasteiger partial charge in [0.15, 0.2) is 0 Å². The van der Waals surface area contributed by atoms with E-state index in [1.807, 2.05) is 0 Å². The molecule has 0 unspecified atom stereocenters. The van der Waals surface area contributed by atoms with Crippen LogP contribution in [0.5, 0.6) is 0 Å². The van der Waals surface area contributed by atoms with Gasteiger partial charge in [0.1, 0.15) is 5.82 Å². The Morgan fingerprint density at radius 2 is 1.90 bits per heavy atom. The highest BCUT2D eigenvalue weighted by molar-refractivity contribution is 5.95. The molecule has 0 aromatic heterocycles. The van der Waals surface area contributed by atoms with Crippen LogP contribution in [0, 0.1) is 24.6 Å². The normalized spacial score (nSPS) is 22.3. The van der Waals surface area contributed by atoms with Crippen molar-refractivity contribution < 1.29 is 19.1 Å². The van der Waals surface area contributed by atoms with Crippen LogP contribution in [0.4, 0.5) is 10.1 Å². The molecule has 1 amide bonds. The van der Waals surface area contributed by atoms with Gasteiger partial charge >= 0.3 is 0 Å². The molecule has 1 aliphatic rings. The number of amides is 1. The maximum atomic E-state index is 13.4. The van der Waals surface area contributed by atoms with E-state index in [0.29, 0.717) is 24.1 Å². The summed E-state index contributed by atoms with van der Waals surface area (Å²) >= 11 is 0. The van der Waals surface area contributed by atoms with Crippen LogP contribution < -0.4 is 10.4 Å². The monoisotopic (exact) mass is 278 g/mol. The molecule has 20 heavy (non-hydrogen) atoms. The number of benzene rings is 1. The zero-order valence-electron chi connectivity index (χ0n) is 11.3. The second kappa shape index (κ2) is 6.03. The minimum Gasteiger partial charge on any atom is -0.550 e. The number of carboxylic acid groups (broad SMARTS) is 1. The summed E-state index contributed by atoms with van der Waals surface area (Å²) in [5, 5.41) is 13.7. The number of carbonyl (C=O) groups is 2. The average molecular weight is 278 g/mol. The molecular formula is C15H17FNO3-. The zero-order valence-corrected chi connectivity index (χ0v) is 11.3. The van der Waals surface area contributed by atoms with Gasteiger partial charge in [-0.3, -0.25) is 4.79 Å². The number of aliphatic carboxylic acids is 1. The van der Waals surface area contributed by atoms with E-state index < -0.39 is 23.6 Å². The number of rotatable bonds is 3. The fourth-order valence-corrected chi connectivity index (χ4v) is 2.63. The number of anilines is 1. The first kappa shape index (κ1) is 14.5. The van der Waals surface area contributed by atoms with Crippen molar-refractivity contribution >= 4 is 17.6 Å². The van der Waals surface area contributed by atoms with Gasteiger partial charge in [0.05, 0.1) is 0 Å². The molecule has 5 heteroatoms. The van der Waals surface area contributed by atoms with Gasteiger partial charge in [0.25, 0.3) is 0 Å². The lowest BCUT2D eigenvalue weighted by atomic mass is 9.78. The molecule has 0 radical (unpaired) electrons. The van der Waals surface area contributed by atoms with Crippen molar-refractivity contribution in [2.24, 2.45) is 11.8 Å². The molecule has 1 saturated carbocycles. The maximum Gasteiger partial charge on any atom is 0.228 e. The molecular weight excluding hydrogens is 261 g/mol. The molecule has 108 valence electrons. The highest BCUT2D eigenvalue weighted by Crippen LogP contribution is 2.30. The molecule has 1 aliphatic carbocycles. The number of carbonyl (C=O) groups excluding carboxylic acids is 2. The summed E-state index contributed by atoms with van der Waals surface area (Å²) < 4.78 is 13.4. The first-order valence-corrected chi connectivity index (χ1v) is 6.77. The van der Waals surface area contributed by atoms with Gasteiger partial charge < -0.3 is 15.2 Å². The van der Waals surface area contributed by atoms with Gasteiger partial charge in [-0.05, 0) is 37.5 Å². The third kappa shape index (κ3) is 3.15. The molecule has 0 aliphatic heterocycles. The smallest absolute Gasteiger partial charge is 0.228 e. The van der Waals surface area contributed by atoms with Crippen molar-refractivity contribution in [2.75, 3.05) is 5.32 Å². The summed E-state index contributed by atoms with van der Waals surface area (Å²) in [5.74, 6) is -3.30. The van der Waals surface area contributed by atoms with Gasteiger partial charge in [-0.15, -0.1) is 0 Å². The van der Waals surface area contributed by atoms with Crippen LogP contribution >= 0.6 is 0 Å².